The van der Waals surface area contributed by atoms with E-state index in [4.69, 9.17) is 26.8 Å². The molecule has 0 saturated carbocycles. The molecule has 0 aliphatic heterocycles. The van der Waals surface area contributed by atoms with Gasteiger partial charge in [-0.3, -0.25) is 9.48 Å². The quantitative estimate of drug-likeness (QED) is 0.513. The van der Waals surface area contributed by atoms with Gasteiger partial charge in [0.2, 0.25) is 5.91 Å². The van der Waals surface area contributed by atoms with Crippen LogP contribution in [0.1, 0.15) is 5.56 Å². The van der Waals surface area contributed by atoms with E-state index in [0.29, 0.717) is 23.5 Å². The van der Waals surface area contributed by atoms with E-state index in [1.165, 1.54) is 30.3 Å². The lowest BCUT2D eigenvalue weighted by Crippen LogP contribution is -2.18. The normalized spacial score (nSPS) is 10.8. The molecule has 0 aliphatic rings. The van der Waals surface area contributed by atoms with Gasteiger partial charge in [-0.2, -0.15) is 5.10 Å². The van der Waals surface area contributed by atoms with Gasteiger partial charge < -0.3 is 20.5 Å². The number of hydrogen-bond donors (Lipinski definition) is 2. The number of aromatic nitrogens is 2. The molecule has 0 atom stereocenters. The van der Waals surface area contributed by atoms with E-state index in [0.717, 1.165) is 0 Å². The van der Waals surface area contributed by atoms with Gasteiger partial charge >= 0.3 is 6.09 Å². The molecule has 160 valence electrons. The molecule has 3 aromatic rings. The maximum Gasteiger partial charge on any atom is 0.410 e. The molecule has 0 bridgehead atoms. The number of para-hydroxylation sites is 2. The van der Waals surface area contributed by atoms with Crippen molar-refractivity contribution in [3.8, 4) is 11.5 Å². The minimum absolute atomic E-state index is 0.143. The smallest absolute Gasteiger partial charge is 0.410 e. The summed E-state index contributed by atoms with van der Waals surface area (Å²) in [6.07, 6.45) is 5.20. The molecule has 1 aromatic heterocycles. The summed E-state index contributed by atoms with van der Waals surface area (Å²) in [5.41, 5.74) is 6.01. The predicted octanol–water partition coefficient (Wildman–Crippen LogP) is 3.86. The fourth-order valence-electron chi connectivity index (χ4n) is 2.57. The van der Waals surface area contributed by atoms with Gasteiger partial charge in [0.05, 0.1) is 18.4 Å². The van der Waals surface area contributed by atoms with Crippen LogP contribution in [0.5, 0.6) is 11.5 Å². The summed E-state index contributed by atoms with van der Waals surface area (Å²) >= 11 is 5.79. The summed E-state index contributed by atoms with van der Waals surface area (Å²) in [5.74, 6) is -0.436. The molecule has 0 radical (unpaired) electrons. The number of hydrogen-bond acceptors (Lipinski definition) is 5. The molecule has 0 saturated heterocycles. The van der Waals surface area contributed by atoms with Gasteiger partial charge in [-0.05, 0) is 30.3 Å². The molecule has 1 heterocycles. The Bertz CT molecular complexity index is 1100. The van der Waals surface area contributed by atoms with Crippen molar-refractivity contribution in [3.05, 3.63) is 77.3 Å². The molecule has 0 aliphatic carbocycles. The monoisotopic (exact) mass is 444 g/mol. The van der Waals surface area contributed by atoms with E-state index >= 15 is 0 Å². The van der Waals surface area contributed by atoms with Gasteiger partial charge in [0.25, 0.3) is 0 Å². The molecular weight excluding hydrogens is 427 g/mol. The molecular formula is C21H18ClFN4O4. The number of anilines is 1. The Balaban J connectivity index is 1.52. The number of amides is 2. The van der Waals surface area contributed by atoms with Crippen molar-refractivity contribution in [1.29, 1.82) is 0 Å². The SMILES string of the molecule is NC(=O)Oc1ccccc1NC(=O)C=Cc1cnn(CCOc2cc(F)cc(Cl)c2)c1. The van der Waals surface area contributed by atoms with Crippen molar-refractivity contribution in [2.45, 2.75) is 6.54 Å². The molecule has 0 fully saturated rings. The number of nitrogens with one attached hydrogen (secondary N) is 1. The maximum atomic E-state index is 13.3. The van der Waals surface area contributed by atoms with Gasteiger partial charge in [-0.25, -0.2) is 9.18 Å². The Morgan fingerprint density at radius 3 is 2.84 bits per heavy atom. The number of nitrogens with zero attached hydrogens (tertiary/aromatic N) is 2. The molecule has 2 amide bonds. The van der Waals surface area contributed by atoms with E-state index < -0.39 is 17.8 Å². The third-order valence-corrected chi connectivity index (χ3v) is 4.08. The Hall–Kier alpha value is -3.85. The average molecular weight is 445 g/mol. The molecule has 3 rings (SSSR count). The summed E-state index contributed by atoms with van der Waals surface area (Å²) in [4.78, 5) is 23.1. The van der Waals surface area contributed by atoms with E-state index in [1.54, 1.807) is 41.4 Å². The van der Waals surface area contributed by atoms with Gasteiger partial charge in [-0.1, -0.05) is 23.7 Å². The second-order valence-electron chi connectivity index (χ2n) is 6.23. The number of benzene rings is 2. The molecule has 3 N–H and O–H groups in total. The number of ether oxygens (including phenoxy) is 2. The second-order valence-corrected chi connectivity index (χ2v) is 6.67. The second kappa shape index (κ2) is 10.3. The molecule has 0 unspecified atom stereocenters. The summed E-state index contributed by atoms with van der Waals surface area (Å²) in [7, 11) is 0. The number of nitrogens with two attached hydrogens (primary N) is 1. The van der Waals surface area contributed by atoms with Crippen LogP contribution in [0.25, 0.3) is 6.08 Å². The molecule has 2 aromatic carbocycles. The third kappa shape index (κ3) is 6.86. The van der Waals surface area contributed by atoms with Crippen molar-refractivity contribution >= 4 is 35.4 Å². The first kappa shape index (κ1) is 21.8. The van der Waals surface area contributed by atoms with E-state index in [9.17, 15) is 14.0 Å². The lowest BCUT2D eigenvalue weighted by molar-refractivity contribution is -0.111. The number of carbonyl (C=O) groups excluding carboxylic acids is 2. The highest BCUT2D eigenvalue weighted by Gasteiger charge is 2.08. The maximum absolute atomic E-state index is 13.3. The van der Waals surface area contributed by atoms with Crippen molar-refractivity contribution in [2.75, 3.05) is 11.9 Å². The Morgan fingerprint density at radius 1 is 1.26 bits per heavy atom. The van der Waals surface area contributed by atoms with E-state index in [1.807, 2.05) is 0 Å². The van der Waals surface area contributed by atoms with Crippen LogP contribution in [0.2, 0.25) is 5.02 Å². The zero-order chi connectivity index (χ0) is 22.2. The number of carbonyl (C=O) groups is 2. The predicted molar refractivity (Wildman–Crippen MR) is 113 cm³/mol. The number of rotatable bonds is 8. The molecule has 31 heavy (non-hydrogen) atoms. The first-order valence-electron chi connectivity index (χ1n) is 9.06. The number of halogens is 2. The Labute approximate surface area is 182 Å². The summed E-state index contributed by atoms with van der Waals surface area (Å²) in [6.45, 7) is 0.660. The standard InChI is InChI=1S/C21H18ClFN4O4/c22-15-9-16(23)11-17(10-15)30-8-7-27-13-14(12-25-27)5-6-20(28)26-18-3-1-2-4-19(18)31-21(24)29/h1-6,9-13H,7-8H2,(H2,24,29)(H,26,28). The minimum Gasteiger partial charge on any atom is -0.492 e. The topological polar surface area (TPSA) is 108 Å². The van der Waals surface area contributed by atoms with Gasteiger partial charge in [0.15, 0.2) is 5.75 Å². The highest BCUT2D eigenvalue weighted by atomic mass is 35.5. The van der Waals surface area contributed by atoms with Crippen LogP contribution >= 0.6 is 11.6 Å². The Morgan fingerprint density at radius 2 is 2.06 bits per heavy atom. The summed E-state index contributed by atoms with van der Waals surface area (Å²) in [6, 6.07) is 10.4. The van der Waals surface area contributed by atoms with Crippen molar-refractivity contribution in [1.82, 2.24) is 9.78 Å². The first-order chi connectivity index (χ1) is 14.9. The zero-order valence-corrected chi connectivity index (χ0v) is 16.9. The van der Waals surface area contributed by atoms with Crippen LogP contribution in [0.3, 0.4) is 0 Å². The largest absolute Gasteiger partial charge is 0.492 e. The lowest BCUT2D eigenvalue weighted by atomic mass is 10.2. The van der Waals surface area contributed by atoms with Gasteiger partial charge in [0.1, 0.15) is 18.2 Å². The Kier molecular flexibility index (Phi) is 7.23. The van der Waals surface area contributed by atoms with Crippen LogP contribution in [0.4, 0.5) is 14.9 Å². The third-order valence-electron chi connectivity index (χ3n) is 3.86. The van der Waals surface area contributed by atoms with Crippen LogP contribution < -0.4 is 20.5 Å². The van der Waals surface area contributed by atoms with Crippen LogP contribution in [-0.4, -0.2) is 28.4 Å². The molecule has 10 heteroatoms. The fraction of sp³-hybridized carbons (Fsp3) is 0.0952. The fourth-order valence-corrected chi connectivity index (χ4v) is 2.78. The van der Waals surface area contributed by atoms with Crippen molar-refractivity contribution in [3.63, 3.8) is 0 Å². The highest BCUT2D eigenvalue weighted by molar-refractivity contribution is 6.30. The van der Waals surface area contributed by atoms with E-state index in [2.05, 4.69) is 10.4 Å². The summed E-state index contributed by atoms with van der Waals surface area (Å²) in [5, 5.41) is 7.03. The molecule has 8 nitrogen and oxygen atoms in total. The average Bonchev–Trinajstić information content (AvgIpc) is 3.15. The first-order valence-corrected chi connectivity index (χ1v) is 9.43. The molecule has 0 spiro atoms. The zero-order valence-electron chi connectivity index (χ0n) is 16.1. The van der Waals surface area contributed by atoms with Crippen LogP contribution in [0, 0.1) is 5.82 Å². The van der Waals surface area contributed by atoms with E-state index in [-0.39, 0.29) is 17.4 Å². The number of primary amides is 1. The van der Waals surface area contributed by atoms with Gasteiger partial charge in [-0.15, -0.1) is 0 Å². The highest BCUT2D eigenvalue weighted by Crippen LogP contribution is 2.23. The lowest BCUT2D eigenvalue weighted by Gasteiger charge is -2.08. The van der Waals surface area contributed by atoms with Gasteiger partial charge in [0, 0.05) is 28.9 Å². The minimum atomic E-state index is -0.978. The van der Waals surface area contributed by atoms with Crippen LogP contribution in [-0.2, 0) is 11.3 Å². The van der Waals surface area contributed by atoms with Crippen molar-refractivity contribution in [2.24, 2.45) is 5.73 Å². The van der Waals surface area contributed by atoms with Crippen molar-refractivity contribution < 1.29 is 23.5 Å². The van der Waals surface area contributed by atoms with Crippen LogP contribution in [0.15, 0.2) is 60.9 Å². The summed E-state index contributed by atoms with van der Waals surface area (Å²) < 4.78 is 25.2.